The topological polar surface area (TPSA) is 50.1 Å². The highest BCUT2D eigenvalue weighted by atomic mass is 15.6. The molecule has 1 aliphatic carbocycles. The summed E-state index contributed by atoms with van der Waals surface area (Å²) < 4.78 is 2.16. The minimum Gasteiger partial charge on any atom is -0.369 e. The zero-order valence-corrected chi connectivity index (χ0v) is 16.5. The Morgan fingerprint density at radius 3 is 2.48 bits per heavy atom. The van der Waals surface area contributed by atoms with Gasteiger partial charge in [-0.1, -0.05) is 50.8 Å². The quantitative estimate of drug-likeness (QED) is 0.743. The molecule has 6 nitrogen and oxygen atoms in total. The molecule has 0 amide bonds. The number of anilines is 1. The molecule has 2 fully saturated rings. The fourth-order valence-corrected chi connectivity index (χ4v) is 4.63. The summed E-state index contributed by atoms with van der Waals surface area (Å²) in [6, 6.07) is 11.6. The van der Waals surface area contributed by atoms with Gasteiger partial charge in [-0.15, -0.1) is 5.10 Å². The van der Waals surface area contributed by atoms with Gasteiger partial charge >= 0.3 is 0 Å². The van der Waals surface area contributed by atoms with Crippen LogP contribution in [0.5, 0.6) is 0 Å². The number of unbranched alkanes of at least 4 members (excludes halogenated alkanes) is 1. The Bertz CT molecular complexity index is 686. The number of rotatable bonds is 7. The number of hydrogen-bond acceptors (Lipinski definition) is 5. The number of nitrogens with zero attached hydrogens (tertiary/aromatic N) is 6. The average molecular weight is 369 g/mol. The third-order valence-corrected chi connectivity index (χ3v) is 6.19. The molecule has 0 unspecified atom stereocenters. The van der Waals surface area contributed by atoms with E-state index in [2.05, 4.69) is 67.3 Å². The van der Waals surface area contributed by atoms with Crippen molar-refractivity contribution in [1.29, 1.82) is 0 Å². The van der Waals surface area contributed by atoms with Gasteiger partial charge < -0.3 is 4.90 Å². The van der Waals surface area contributed by atoms with Crippen LogP contribution in [0.2, 0.25) is 0 Å². The zero-order valence-electron chi connectivity index (χ0n) is 16.5. The van der Waals surface area contributed by atoms with E-state index in [0.717, 1.165) is 38.4 Å². The van der Waals surface area contributed by atoms with Crippen LogP contribution < -0.4 is 4.90 Å². The molecule has 1 saturated carbocycles. The molecule has 1 saturated heterocycles. The van der Waals surface area contributed by atoms with Gasteiger partial charge in [0.15, 0.2) is 5.82 Å². The molecule has 2 aliphatic rings. The van der Waals surface area contributed by atoms with Crippen molar-refractivity contribution in [3.63, 3.8) is 0 Å². The molecule has 146 valence electrons. The van der Waals surface area contributed by atoms with Crippen molar-refractivity contribution in [2.45, 2.75) is 64.0 Å². The largest absolute Gasteiger partial charge is 0.369 e. The second-order valence-electron chi connectivity index (χ2n) is 7.94. The molecule has 1 aliphatic heterocycles. The normalized spacial score (nSPS) is 20.3. The summed E-state index contributed by atoms with van der Waals surface area (Å²) in [5, 5.41) is 13.0. The molecule has 2 aromatic rings. The lowest BCUT2D eigenvalue weighted by Gasteiger charge is -2.40. The van der Waals surface area contributed by atoms with Gasteiger partial charge in [-0.3, -0.25) is 4.90 Å². The number of tetrazole rings is 1. The van der Waals surface area contributed by atoms with Crippen LogP contribution in [0, 0.1) is 0 Å². The van der Waals surface area contributed by atoms with Crippen LogP contribution in [0.1, 0.15) is 69.8 Å². The molecule has 0 bridgehead atoms. The Hall–Kier alpha value is -1.95. The fraction of sp³-hybridized carbons (Fsp3) is 0.667. The van der Waals surface area contributed by atoms with E-state index in [1.165, 1.54) is 44.2 Å². The third-order valence-electron chi connectivity index (χ3n) is 6.19. The summed E-state index contributed by atoms with van der Waals surface area (Å²) in [4.78, 5) is 5.11. The highest BCUT2D eigenvalue weighted by molar-refractivity contribution is 5.46. The molecule has 6 heteroatoms. The van der Waals surface area contributed by atoms with E-state index in [-0.39, 0.29) is 0 Å². The fourth-order valence-electron chi connectivity index (χ4n) is 4.63. The predicted molar refractivity (Wildman–Crippen MR) is 108 cm³/mol. The van der Waals surface area contributed by atoms with Crippen molar-refractivity contribution >= 4 is 5.69 Å². The van der Waals surface area contributed by atoms with E-state index in [4.69, 9.17) is 0 Å². The molecule has 4 rings (SSSR count). The van der Waals surface area contributed by atoms with Crippen LogP contribution >= 0.6 is 0 Å². The van der Waals surface area contributed by atoms with Gasteiger partial charge in [0.05, 0.1) is 12.1 Å². The summed E-state index contributed by atoms with van der Waals surface area (Å²) in [5.74, 6) is 1.10. The Balaban J connectivity index is 1.48. The molecule has 1 atom stereocenters. The van der Waals surface area contributed by atoms with E-state index >= 15 is 0 Å². The van der Waals surface area contributed by atoms with Gasteiger partial charge in [0.1, 0.15) is 0 Å². The summed E-state index contributed by atoms with van der Waals surface area (Å²) in [7, 11) is 0. The lowest BCUT2D eigenvalue weighted by Crippen LogP contribution is -2.48. The van der Waals surface area contributed by atoms with Crippen LogP contribution in [-0.2, 0) is 0 Å². The summed E-state index contributed by atoms with van der Waals surface area (Å²) in [6.07, 6.45) is 8.64. The predicted octanol–water partition coefficient (Wildman–Crippen LogP) is 3.84. The molecule has 27 heavy (non-hydrogen) atoms. The number of benzene rings is 1. The van der Waals surface area contributed by atoms with Crippen LogP contribution in [0.4, 0.5) is 5.69 Å². The second-order valence-corrected chi connectivity index (χ2v) is 7.94. The lowest BCUT2D eigenvalue weighted by atomic mass is 10.1. The van der Waals surface area contributed by atoms with Gasteiger partial charge in [-0.2, -0.15) is 0 Å². The summed E-state index contributed by atoms with van der Waals surface area (Å²) >= 11 is 0. The first-order chi connectivity index (χ1) is 13.4. The maximum absolute atomic E-state index is 4.51. The van der Waals surface area contributed by atoms with E-state index in [1.54, 1.807) is 0 Å². The average Bonchev–Trinajstić information content (AvgIpc) is 3.41. The first-order valence-corrected chi connectivity index (χ1v) is 10.7. The van der Waals surface area contributed by atoms with Crippen molar-refractivity contribution in [2.75, 3.05) is 31.1 Å². The standard InChI is InChI=1S/C21H32N6/c1-2-3-13-20(21-22-23-24-27(21)19-11-7-8-12-19)26-16-14-25(15-17-26)18-9-5-4-6-10-18/h4-6,9-10,19-20H,2-3,7-8,11-17H2,1H3/t20-/m0/s1. The number of hydrogen-bond donors (Lipinski definition) is 0. The minimum absolute atomic E-state index is 0.346. The number of piperazine rings is 1. The maximum atomic E-state index is 4.51. The van der Waals surface area contributed by atoms with Gasteiger partial charge in [-0.05, 0) is 41.8 Å². The van der Waals surface area contributed by atoms with E-state index in [0.29, 0.717) is 12.1 Å². The van der Waals surface area contributed by atoms with Gasteiger partial charge in [-0.25, -0.2) is 4.68 Å². The molecular formula is C21H32N6. The smallest absolute Gasteiger partial charge is 0.168 e. The van der Waals surface area contributed by atoms with Crippen LogP contribution in [-0.4, -0.2) is 51.3 Å². The van der Waals surface area contributed by atoms with Crippen molar-refractivity contribution in [1.82, 2.24) is 25.1 Å². The zero-order chi connectivity index (χ0) is 18.5. The van der Waals surface area contributed by atoms with Crippen molar-refractivity contribution < 1.29 is 0 Å². The van der Waals surface area contributed by atoms with Crippen LogP contribution in [0.15, 0.2) is 30.3 Å². The lowest BCUT2D eigenvalue weighted by molar-refractivity contribution is 0.160. The van der Waals surface area contributed by atoms with E-state index < -0.39 is 0 Å². The van der Waals surface area contributed by atoms with E-state index in [9.17, 15) is 0 Å². The summed E-state index contributed by atoms with van der Waals surface area (Å²) in [6.45, 7) is 6.54. The Labute approximate surface area is 162 Å². The molecule has 1 aromatic carbocycles. The number of para-hydroxylation sites is 1. The maximum Gasteiger partial charge on any atom is 0.168 e. The van der Waals surface area contributed by atoms with Gasteiger partial charge in [0, 0.05) is 31.9 Å². The Kier molecular flexibility index (Phi) is 6.02. The van der Waals surface area contributed by atoms with Crippen molar-refractivity contribution in [3.8, 4) is 0 Å². The molecule has 0 radical (unpaired) electrons. The third kappa shape index (κ3) is 4.15. The molecule has 2 heterocycles. The molecule has 0 N–H and O–H groups in total. The Morgan fingerprint density at radius 1 is 1.04 bits per heavy atom. The first kappa shape index (κ1) is 18.4. The second kappa shape index (κ2) is 8.83. The molecule has 1 aromatic heterocycles. The monoisotopic (exact) mass is 368 g/mol. The van der Waals surface area contributed by atoms with Crippen molar-refractivity contribution in [3.05, 3.63) is 36.2 Å². The number of aromatic nitrogens is 4. The molecule has 0 spiro atoms. The molecular weight excluding hydrogens is 336 g/mol. The highest BCUT2D eigenvalue weighted by Gasteiger charge is 2.31. The van der Waals surface area contributed by atoms with Crippen LogP contribution in [0.3, 0.4) is 0 Å². The van der Waals surface area contributed by atoms with Gasteiger partial charge in [0.2, 0.25) is 0 Å². The Morgan fingerprint density at radius 2 is 1.78 bits per heavy atom. The van der Waals surface area contributed by atoms with Crippen molar-refractivity contribution in [2.24, 2.45) is 0 Å². The summed E-state index contributed by atoms with van der Waals surface area (Å²) in [5.41, 5.74) is 1.33. The highest BCUT2D eigenvalue weighted by Crippen LogP contribution is 2.33. The SMILES string of the molecule is CCCC[C@@H](c1nnnn1C1CCCC1)N1CCN(c2ccccc2)CC1. The first-order valence-electron chi connectivity index (χ1n) is 10.7. The van der Waals surface area contributed by atoms with E-state index in [1.807, 2.05) is 0 Å². The van der Waals surface area contributed by atoms with Crippen LogP contribution in [0.25, 0.3) is 0 Å². The minimum atomic E-state index is 0.346. The van der Waals surface area contributed by atoms with Gasteiger partial charge in [0.25, 0.3) is 0 Å².